The summed E-state index contributed by atoms with van der Waals surface area (Å²) in [6.07, 6.45) is 0. The molecular weight excluding hydrogens is 429 g/mol. The second kappa shape index (κ2) is 8.02. The van der Waals surface area contributed by atoms with Crippen LogP contribution in [0.5, 0.6) is 0 Å². The Bertz CT molecular complexity index is 1140. The lowest BCUT2D eigenvalue weighted by Crippen LogP contribution is -2.29. The Labute approximate surface area is 181 Å². The van der Waals surface area contributed by atoms with E-state index in [1.807, 2.05) is 36.6 Å². The molecule has 6 nitrogen and oxygen atoms in total. The predicted molar refractivity (Wildman–Crippen MR) is 118 cm³/mol. The molecule has 2 aromatic carbocycles. The van der Waals surface area contributed by atoms with Crippen molar-refractivity contribution >= 4 is 57.0 Å². The molecule has 1 atom stereocenters. The fraction of sp³-hybridized carbons (Fsp3) is 0.150. The molecule has 1 aliphatic heterocycles. The summed E-state index contributed by atoms with van der Waals surface area (Å²) in [6.45, 7) is 3.76. The third kappa shape index (κ3) is 4.07. The van der Waals surface area contributed by atoms with Crippen LogP contribution in [0, 0.1) is 6.92 Å². The van der Waals surface area contributed by atoms with Crippen LogP contribution in [0.25, 0.3) is 11.3 Å². The highest BCUT2D eigenvalue weighted by Crippen LogP contribution is 2.32. The molecule has 1 amide bonds. The first-order valence-corrected chi connectivity index (χ1v) is 10.3. The molecular formula is C20H15Cl2N5OS. The van der Waals surface area contributed by atoms with Crippen molar-refractivity contribution in [3.63, 3.8) is 0 Å². The largest absolute Gasteiger partial charge is 0.282 e. The number of thiazole rings is 1. The van der Waals surface area contributed by atoms with Crippen LogP contribution < -0.4 is 5.01 Å². The molecule has 1 aliphatic rings. The molecule has 0 fully saturated rings. The molecule has 4 rings (SSSR count). The normalized spacial score (nSPS) is 16.7. The second-order valence-corrected chi connectivity index (χ2v) is 8.17. The first-order valence-electron chi connectivity index (χ1n) is 8.70. The smallest absolute Gasteiger partial charge is 0.269 e. The quantitative estimate of drug-likeness (QED) is 0.443. The molecule has 0 spiro atoms. The number of azo groups is 1. The van der Waals surface area contributed by atoms with Gasteiger partial charge in [-0.15, -0.1) is 11.3 Å². The Kier molecular flexibility index (Phi) is 5.45. The first kappa shape index (κ1) is 19.7. The van der Waals surface area contributed by atoms with E-state index < -0.39 is 6.04 Å². The van der Waals surface area contributed by atoms with Crippen molar-refractivity contribution < 1.29 is 4.79 Å². The SMILES string of the molecule is CC1=NN(c2nc(-c3ccc(C)cc3)cs2)C(=O)[C@H]1N=Nc1cc(Cl)ccc1Cl. The van der Waals surface area contributed by atoms with Crippen LogP contribution in [0.1, 0.15) is 12.5 Å². The van der Waals surface area contributed by atoms with E-state index in [1.165, 1.54) is 21.9 Å². The molecule has 29 heavy (non-hydrogen) atoms. The molecule has 0 bridgehead atoms. The third-order valence-electron chi connectivity index (χ3n) is 4.31. The van der Waals surface area contributed by atoms with Gasteiger partial charge in [-0.3, -0.25) is 4.79 Å². The van der Waals surface area contributed by atoms with Crippen LogP contribution in [-0.2, 0) is 4.79 Å². The predicted octanol–water partition coefficient (Wildman–Crippen LogP) is 6.30. The summed E-state index contributed by atoms with van der Waals surface area (Å²) in [5, 5.41) is 17.1. The van der Waals surface area contributed by atoms with Gasteiger partial charge >= 0.3 is 0 Å². The second-order valence-electron chi connectivity index (χ2n) is 6.49. The molecule has 0 N–H and O–H groups in total. The van der Waals surface area contributed by atoms with Gasteiger partial charge in [0.25, 0.3) is 5.91 Å². The highest BCUT2D eigenvalue weighted by atomic mass is 35.5. The van der Waals surface area contributed by atoms with Crippen LogP contribution >= 0.6 is 34.5 Å². The number of aryl methyl sites for hydroxylation is 1. The number of hydrogen-bond acceptors (Lipinski definition) is 6. The van der Waals surface area contributed by atoms with Gasteiger partial charge in [0.1, 0.15) is 5.69 Å². The minimum atomic E-state index is -0.822. The highest BCUT2D eigenvalue weighted by Gasteiger charge is 2.36. The number of hydrazone groups is 1. The number of amides is 1. The number of carbonyl (C=O) groups is 1. The molecule has 0 saturated carbocycles. The molecule has 0 aliphatic carbocycles. The minimum Gasteiger partial charge on any atom is -0.269 e. The van der Waals surface area contributed by atoms with Crippen LogP contribution in [0.15, 0.2) is 63.2 Å². The minimum absolute atomic E-state index is 0.311. The van der Waals surface area contributed by atoms with Gasteiger partial charge in [0, 0.05) is 16.0 Å². The first-order chi connectivity index (χ1) is 13.9. The Hall–Kier alpha value is -2.61. The van der Waals surface area contributed by atoms with E-state index in [4.69, 9.17) is 23.2 Å². The summed E-state index contributed by atoms with van der Waals surface area (Å²) in [5.41, 5.74) is 3.88. The van der Waals surface area contributed by atoms with Crippen molar-refractivity contribution in [1.82, 2.24) is 4.98 Å². The monoisotopic (exact) mass is 443 g/mol. The van der Waals surface area contributed by atoms with Gasteiger partial charge in [-0.25, -0.2) is 4.98 Å². The average molecular weight is 444 g/mol. The maximum atomic E-state index is 12.8. The molecule has 0 radical (unpaired) electrons. The summed E-state index contributed by atoms with van der Waals surface area (Å²) >= 11 is 13.4. The summed E-state index contributed by atoms with van der Waals surface area (Å²) in [5.74, 6) is -0.311. The number of halogens is 2. The number of benzene rings is 2. The van der Waals surface area contributed by atoms with Crippen LogP contribution in [0.3, 0.4) is 0 Å². The van der Waals surface area contributed by atoms with Gasteiger partial charge in [-0.1, -0.05) is 53.0 Å². The Morgan fingerprint density at radius 3 is 2.62 bits per heavy atom. The van der Waals surface area contributed by atoms with Gasteiger partial charge in [-0.2, -0.15) is 20.3 Å². The molecule has 0 unspecified atom stereocenters. The number of rotatable bonds is 4. The van der Waals surface area contributed by atoms with Crippen LogP contribution in [0.2, 0.25) is 10.0 Å². The number of hydrogen-bond donors (Lipinski definition) is 0. The molecule has 2 heterocycles. The fourth-order valence-corrected chi connectivity index (χ4v) is 3.84. The van der Waals surface area contributed by atoms with Crippen molar-refractivity contribution in [3.8, 4) is 11.3 Å². The maximum absolute atomic E-state index is 12.8. The standard InChI is InChI=1S/C20H15Cl2N5OS/c1-11-3-5-13(6-4-11)17-10-29-20(23-17)27-19(28)18(12(2)26-27)25-24-16-9-14(21)7-8-15(16)22/h3-10,18H,1-2H3/t18-/m0/s1. The summed E-state index contributed by atoms with van der Waals surface area (Å²) in [6, 6.07) is 12.1. The number of aromatic nitrogens is 1. The molecule has 1 aromatic heterocycles. The molecule has 0 saturated heterocycles. The lowest BCUT2D eigenvalue weighted by atomic mass is 10.1. The van der Waals surface area contributed by atoms with Gasteiger partial charge in [0.05, 0.1) is 16.4 Å². The zero-order valence-corrected chi connectivity index (χ0v) is 17.8. The van der Waals surface area contributed by atoms with E-state index in [0.717, 1.165) is 11.3 Å². The Morgan fingerprint density at radius 1 is 1.10 bits per heavy atom. The fourth-order valence-electron chi connectivity index (χ4n) is 2.73. The molecule has 3 aromatic rings. The van der Waals surface area contributed by atoms with Gasteiger partial charge in [0.15, 0.2) is 6.04 Å². The maximum Gasteiger partial charge on any atom is 0.282 e. The number of nitrogens with zero attached hydrogens (tertiary/aromatic N) is 5. The number of anilines is 1. The Balaban J connectivity index is 1.55. The average Bonchev–Trinajstić information content (AvgIpc) is 3.28. The summed E-state index contributed by atoms with van der Waals surface area (Å²) < 4.78 is 0. The van der Waals surface area contributed by atoms with E-state index in [0.29, 0.717) is 26.6 Å². The van der Waals surface area contributed by atoms with Crippen molar-refractivity contribution in [2.75, 3.05) is 5.01 Å². The number of carbonyl (C=O) groups excluding carboxylic acids is 1. The van der Waals surface area contributed by atoms with Gasteiger partial charge in [-0.05, 0) is 32.0 Å². The van der Waals surface area contributed by atoms with E-state index in [-0.39, 0.29) is 5.91 Å². The van der Waals surface area contributed by atoms with Crippen molar-refractivity contribution in [1.29, 1.82) is 0 Å². The van der Waals surface area contributed by atoms with E-state index in [2.05, 4.69) is 20.3 Å². The zero-order valence-electron chi connectivity index (χ0n) is 15.5. The lowest BCUT2D eigenvalue weighted by Gasteiger charge is -2.08. The third-order valence-corrected chi connectivity index (χ3v) is 5.68. The van der Waals surface area contributed by atoms with Crippen molar-refractivity contribution in [3.05, 3.63) is 63.5 Å². The van der Waals surface area contributed by atoms with Crippen LogP contribution in [0.4, 0.5) is 10.8 Å². The van der Waals surface area contributed by atoms with Crippen molar-refractivity contribution in [2.24, 2.45) is 15.3 Å². The van der Waals surface area contributed by atoms with E-state index in [9.17, 15) is 4.79 Å². The van der Waals surface area contributed by atoms with E-state index >= 15 is 0 Å². The highest BCUT2D eigenvalue weighted by molar-refractivity contribution is 7.14. The lowest BCUT2D eigenvalue weighted by molar-refractivity contribution is -0.117. The molecule has 146 valence electrons. The zero-order chi connectivity index (χ0) is 20.5. The molecule has 9 heteroatoms. The van der Waals surface area contributed by atoms with Crippen molar-refractivity contribution in [2.45, 2.75) is 19.9 Å². The summed E-state index contributed by atoms with van der Waals surface area (Å²) in [7, 11) is 0. The van der Waals surface area contributed by atoms with E-state index in [1.54, 1.807) is 25.1 Å². The van der Waals surface area contributed by atoms with Crippen LogP contribution in [-0.4, -0.2) is 22.6 Å². The van der Waals surface area contributed by atoms with Gasteiger partial charge < -0.3 is 0 Å². The van der Waals surface area contributed by atoms with Gasteiger partial charge in [0.2, 0.25) is 5.13 Å². The topological polar surface area (TPSA) is 70.3 Å². The Morgan fingerprint density at radius 2 is 1.86 bits per heavy atom. The summed E-state index contributed by atoms with van der Waals surface area (Å²) in [4.78, 5) is 17.4.